The van der Waals surface area contributed by atoms with Gasteiger partial charge in [0.15, 0.2) is 5.78 Å². The standard InChI is InChI=1S/C11H16O3/c1-11(2,14)6-5-8-7-9(12)3-4-10(8)13/h5-7,10,13-14H,3-4H2,1-2H3/b6-5+/t10-/m0/s1. The van der Waals surface area contributed by atoms with E-state index in [9.17, 15) is 15.0 Å². The van der Waals surface area contributed by atoms with Gasteiger partial charge >= 0.3 is 0 Å². The van der Waals surface area contributed by atoms with Gasteiger partial charge in [-0.25, -0.2) is 0 Å². The molecule has 0 saturated carbocycles. The van der Waals surface area contributed by atoms with Crippen molar-refractivity contribution in [3.8, 4) is 0 Å². The second-order valence-corrected chi connectivity index (χ2v) is 4.15. The molecule has 0 radical (unpaired) electrons. The first-order chi connectivity index (χ1) is 6.38. The molecule has 1 aliphatic carbocycles. The van der Waals surface area contributed by atoms with Gasteiger partial charge in [0, 0.05) is 6.42 Å². The van der Waals surface area contributed by atoms with Crippen molar-refractivity contribution < 1.29 is 15.0 Å². The van der Waals surface area contributed by atoms with Crippen LogP contribution in [0.1, 0.15) is 26.7 Å². The molecule has 78 valence electrons. The zero-order valence-electron chi connectivity index (χ0n) is 8.53. The van der Waals surface area contributed by atoms with E-state index in [2.05, 4.69) is 0 Å². The number of hydrogen-bond acceptors (Lipinski definition) is 3. The van der Waals surface area contributed by atoms with Crippen LogP contribution in [0, 0.1) is 0 Å². The molecular weight excluding hydrogens is 180 g/mol. The van der Waals surface area contributed by atoms with Crippen LogP contribution in [0.15, 0.2) is 23.8 Å². The Morgan fingerprint density at radius 2 is 2.21 bits per heavy atom. The number of carbonyl (C=O) groups is 1. The third kappa shape index (κ3) is 3.44. The molecule has 0 unspecified atom stereocenters. The summed E-state index contributed by atoms with van der Waals surface area (Å²) in [6.07, 6.45) is 4.92. The van der Waals surface area contributed by atoms with Crippen LogP contribution in [0.2, 0.25) is 0 Å². The molecule has 0 heterocycles. The minimum Gasteiger partial charge on any atom is -0.388 e. The predicted molar refractivity (Wildman–Crippen MR) is 53.8 cm³/mol. The monoisotopic (exact) mass is 196 g/mol. The van der Waals surface area contributed by atoms with E-state index < -0.39 is 11.7 Å². The Kier molecular flexibility index (Phi) is 3.24. The lowest BCUT2D eigenvalue weighted by Gasteiger charge is -2.17. The smallest absolute Gasteiger partial charge is 0.156 e. The SMILES string of the molecule is CC(C)(O)/C=C/C1=CC(=O)CC[C@@H]1O. The van der Waals surface area contributed by atoms with Gasteiger partial charge in [-0.3, -0.25) is 4.79 Å². The van der Waals surface area contributed by atoms with Crippen molar-refractivity contribution in [2.45, 2.75) is 38.4 Å². The van der Waals surface area contributed by atoms with E-state index in [-0.39, 0.29) is 5.78 Å². The highest BCUT2D eigenvalue weighted by molar-refractivity contribution is 5.92. The Labute approximate surface area is 83.8 Å². The zero-order chi connectivity index (χ0) is 10.8. The summed E-state index contributed by atoms with van der Waals surface area (Å²) in [6, 6.07) is 0. The van der Waals surface area contributed by atoms with Gasteiger partial charge in [0.05, 0.1) is 11.7 Å². The first-order valence-electron chi connectivity index (χ1n) is 4.72. The van der Waals surface area contributed by atoms with Gasteiger partial charge in [-0.1, -0.05) is 12.2 Å². The van der Waals surface area contributed by atoms with Crippen LogP contribution in [0.4, 0.5) is 0 Å². The highest BCUT2D eigenvalue weighted by Gasteiger charge is 2.17. The van der Waals surface area contributed by atoms with E-state index in [0.717, 1.165) is 0 Å². The molecule has 0 aliphatic heterocycles. The number of aliphatic hydroxyl groups is 2. The van der Waals surface area contributed by atoms with Crippen molar-refractivity contribution in [1.29, 1.82) is 0 Å². The minimum absolute atomic E-state index is 0.0331. The third-order valence-electron chi connectivity index (χ3n) is 2.06. The Morgan fingerprint density at radius 3 is 2.79 bits per heavy atom. The van der Waals surface area contributed by atoms with Crippen molar-refractivity contribution in [2.75, 3.05) is 0 Å². The van der Waals surface area contributed by atoms with E-state index in [1.54, 1.807) is 26.0 Å². The van der Waals surface area contributed by atoms with Crippen LogP contribution in [0.5, 0.6) is 0 Å². The molecule has 2 N–H and O–H groups in total. The largest absolute Gasteiger partial charge is 0.388 e. The van der Waals surface area contributed by atoms with Crippen LogP contribution in [0.3, 0.4) is 0 Å². The quantitative estimate of drug-likeness (QED) is 0.691. The van der Waals surface area contributed by atoms with Gasteiger partial charge in [-0.05, 0) is 31.9 Å². The van der Waals surface area contributed by atoms with Crippen molar-refractivity contribution in [3.05, 3.63) is 23.8 Å². The molecule has 0 amide bonds. The number of carbonyl (C=O) groups excluding carboxylic acids is 1. The van der Waals surface area contributed by atoms with Crippen LogP contribution in [-0.4, -0.2) is 27.7 Å². The van der Waals surface area contributed by atoms with E-state index in [1.165, 1.54) is 6.08 Å². The molecule has 1 rings (SSSR count). The molecule has 3 nitrogen and oxygen atoms in total. The number of hydrogen-bond donors (Lipinski definition) is 2. The molecular formula is C11H16O3. The molecule has 1 atom stereocenters. The summed E-state index contributed by atoms with van der Waals surface area (Å²) in [6.45, 7) is 3.28. The highest BCUT2D eigenvalue weighted by Crippen LogP contribution is 2.18. The van der Waals surface area contributed by atoms with Crippen LogP contribution in [0.25, 0.3) is 0 Å². The second-order valence-electron chi connectivity index (χ2n) is 4.15. The summed E-state index contributed by atoms with van der Waals surface area (Å²) in [7, 11) is 0. The Hall–Kier alpha value is -0.930. The lowest BCUT2D eigenvalue weighted by Crippen LogP contribution is -2.19. The zero-order valence-corrected chi connectivity index (χ0v) is 8.53. The minimum atomic E-state index is -0.916. The molecule has 0 aromatic heterocycles. The number of allylic oxidation sites excluding steroid dienone is 1. The molecule has 0 aromatic rings. The maximum Gasteiger partial charge on any atom is 0.156 e. The van der Waals surface area contributed by atoms with E-state index in [1.807, 2.05) is 0 Å². The number of aliphatic hydroxyl groups excluding tert-OH is 1. The van der Waals surface area contributed by atoms with Crippen molar-refractivity contribution in [3.63, 3.8) is 0 Å². The topological polar surface area (TPSA) is 57.5 Å². The maximum atomic E-state index is 11.1. The molecule has 1 aliphatic rings. The van der Waals surface area contributed by atoms with Gasteiger partial charge in [-0.2, -0.15) is 0 Å². The summed E-state index contributed by atoms with van der Waals surface area (Å²) in [4.78, 5) is 11.1. The Bertz CT molecular complexity index is 281. The molecule has 0 aromatic carbocycles. The molecule has 0 fully saturated rings. The summed E-state index contributed by atoms with van der Waals surface area (Å²) in [5.41, 5.74) is -0.329. The lowest BCUT2D eigenvalue weighted by molar-refractivity contribution is -0.115. The van der Waals surface area contributed by atoms with Crippen molar-refractivity contribution >= 4 is 5.78 Å². The molecule has 3 heteroatoms. The van der Waals surface area contributed by atoms with Gasteiger partial charge in [0.2, 0.25) is 0 Å². The van der Waals surface area contributed by atoms with Gasteiger partial charge in [0.25, 0.3) is 0 Å². The van der Waals surface area contributed by atoms with E-state index >= 15 is 0 Å². The molecule has 14 heavy (non-hydrogen) atoms. The van der Waals surface area contributed by atoms with Crippen LogP contribution in [-0.2, 0) is 4.79 Å². The Balaban J connectivity index is 2.76. The summed E-state index contributed by atoms with van der Waals surface area (Å²) in [5, 5.41) is 19.0. The first kappa shape index (κ1) is 11.1. The van der Waals surface area contributed by atoms with E-state index in [0.29, 0.717) is 18.4 Å². The summed E-state index contributed by atoms with van der Waals surface area (Å²) < 4.78 is 0. The van der Waals surface area contributed by atoms with Gasteiger partial charge in [-0.15, -0.1) is 0 Å². The molecule has 0 bridgehead atoms. The molecule has 0 spiro atoms. The second kappa shape index (κ2) is 4.07. The predicted octanol–water partition coefficient (Wildman–Crippen LogP) is 0.964. The first-order valence-corrected chi connectivity index (χ1v) is 4.72. The molecule has 0 saturated heterocycles. The summed E-state index contributed by atoms with van der Waals surface area (Å²) >= 11 is 0. The fraction of sp³-hybridized carbons (Fsp3) is 0.545. The maximum absolute atomic E-state index is 11.1. The lowest BCUT2D eigenvalue weighted by atomic mass is 9.94. The Morgan fingerprint density at radius 1 is 1.57 bits per heavy atom. The van der Waals surface area contributed by atoms with Crippen LogP contribution < -0.4 is 0 Å². The average molecular weight is 196 g/mol. The third-order valence-corrected chi connectivity index (χ3v) is 2.06. The van der Waals surface area contributed by atoms with Crippen molar-refractivity contribution in [2.24, 2.45) is 0 Å². The van der Waals surface area contributed by atoms with Crippen molar-refractivity contribution in [1.82, 2.24) is 0 Å². The highest BCUT2D eigenvalue weighted by atomic mass is 16.3. The number of rotatable bonds is 2. The van der Waals surface area contributed by atoms with E-state index in [4.69, 9.17) is 0 Å². The normalized spacial score (nSPS) is 24.1. The van der Waals surface area contributed by atoms with Gasteiger partial charge in [0.1, 0.15) is 0 Å². The van der Waals surface area contributed by atoms with Crippen LogP contribution >= 0.6 is 0 Å². The fourth-order valence-corrected chi connectivity index (χ4v) is 1.26. The van der Waals surface area contributed by atoms with Gasteiger partial charge < -0.3 is 10.2 Å². The fourth-order valence-electron chi connectivity index (χ4n) is 1.26. The number of ketones is 1. The summed E-state index contributed by atoms with van der Waals surface area (Å²) in [5.74, 6) is 0.0331. The average Bonchev–Trinajstić information content (AvgIpc) is 2.05.